The first-order valence-corrected chi connectivity index (χ1v) is 5.78. The van der Waals surface area contributed by atoms with Crippen molar-refractivity contribution in [3.63, 3.8) is 0 Å². The Balaban J connectivity index is 2.88. The Labute approximate surface area is 103 Å². The van der Waals surface area contributed by atoms with Crippen LogP contribution in [0.25, 0.3) is 0 Å². The maximum Gasteiger partial charge on any atom is 0.160 e. The summed E-state index contributed by atoms with van der Waals surface area (Å²) in [5.74, 6) is 1.82. The summed E-state index contributed by atoms with van der Waals surface area (Å²) < 4.78 is 10.4. The van der Waals surface area contributed by atoms with Gasteiger partial charge in [-0.25, -0.2) is 0 Å². The van der Waals surface area contributed by atoms with Crippen LogP contribution in [-0.4, -0.2) is 20.5 Å². The lowest BCUT2D eigenvalue weighted by Crippen LogP contribution is -2.13. The van der Waals surface area contributed by atoms with Crippen molar-refractivity contribution in [1.82, 2.24) is 0 Å². The quantitative estimate of drug-likeness (QED) is 0.712. The molecule has 0 aliphatic carbocycles. The second-order valence-electron chi connectivity index (χ2n) is 4.44. The maximum absolute atomic E-state index is 11.0. The third kappa shape index (κ3) is 3.48. The van der Waals surface area contributed by atoms with E-state index in [1.54, 1.807) is 14.2 Å². The lowest BCUT2D eigenvalue weighted by Gasteiger charge is -2.15. The topological polar surface area (TPSA) is 35.5 Å². The normalized spacial score (nSPS) is 12.3. The van der Waals surface area contributed by atoms with Crippen LogP contribution in [0.4, 0.5) is 0 Å². The SMILES string of the molecule is COc1ccc(C[C@H](C=O)C(C)C)cc1OC. The van der Waals surface area contributed by atoms with Gasteiger partial charge in [0.1, 0.15) is 6.29 Å². The summed E-state index contributed by atoms with van der Waals surface area (Å²) >= 11 is 0. The Kier molecular flexibility index (Phi) is 5.01. The molecule has 1 atom stereocenters. The van der Waals surface area contributed by atoms with E-state index in [1.807, 2.05) is 18.2 Å². The molecule has 3 nitrogen and oxygen atoms in total. The molecule has 0 unspecified atom stereocenters. The highest BCUT2D eigenvalue weighted by Gasteiger charge is 2.14. The fourth-order valence-corrected chi connectivity index (χ4v) is 1.72. The number of hydrogen-bond donors (Lipinski definition) is 0. The second kappa shape index (κ2) is 6.28. The van der Waals surface area contributed by atoms with Gasteiger partial charge in [0.05, 0.1) is 14.2 Å². The van der Waals surface area contributed by atoms with Crippen LogP contribution in [-0.2, 0) is 11.2 Å². The molecule has 0 saturated heterocycles. The largest absolute Gasteiger partial charge is 0.493 e. The van der Waals surface area contributed by atoms with Crippen molar-refractivity contribution in [3.8, 4) is 11.5 Å². The van der Waals surface area contributed by atoms with Gasteiger partial charge in [0, 0.05) is 5.92 Å². The fraction of sp³-hybridized carbons (Fsp3) is 0.500. The second-order valence-corrected chi connectivity index (χ2v) is 4.44. The summed E-state index contributed by atoms with van der Waals surface area (Å²) in [6.45, 7) is 4.11. The van der Waals surface area contributed by atoms with Gasteiger partial charge in [-0.05, 0) is 30.0 Å². The van der Waals surface area contributed by atoms with Crippen LogP contribution in [0.1, 0.15) is 19.4 Å². The number of aldehydes is 1. The molecular formula is C14H20O3. The first kappa shape index (κ1) is 13.6. The summed E-state index contributed by atoms with van der Waals surface area (Å²) in [5, 5.41) is 0. The molecule has 0 fully saturated rings. The highest BCUT2D eigenvalue weighted by molar-refractivity contribution is 5.55. The average Bonchev–Trinajstić information content (AvgIpc) is 2.35. The standard InChI is InChI=1S/C14H20O3/c1-10(2)12(9-15)7-11-5-6-13(16-3)14(8-11)17-4/h5-6,8-10,12H,7H2,1-4H3/t12-/m1/s1. The molecule has 0 radical (unpaired) electrons. The van der Waals surface area contributed by atoms with E-state index in [-0.39, 0.29) is 5.92 Å². The van der Waals surface area contributed by atoms with Crippen LogP contribution in [0.15, 0.2) is 18.2 Å². The third-order valence-electron chi connectivity index (χ3n) is 2.95. The van der Waals surface area contributed by atoms with Gasteiger partial charge in [-0.15, -0.1) is 0 Å². The molecule has 1 aromatic rings. The number of methoxy groups -OCH3 is 2. The number of carbonyl (C=O) groups is 1. The van der Waals surface area contributed by atoms with Gasteiger partial charge in [0.15, 0.2) is 11.5 Å². The predicted molar refractivity (Wildman–Crippen MR) is 67.6 cm³/mol. The molecule has 0 aliphatic rings. The molecule has 0 spiro atoms. The van der Waals surface area contributed by atoms with Gasteiger partial charge in [-0.1, -0.05) is 19.9 Å². The monoisotopic (exact) mass is 236 g/mol. The van der Waals surface area contributed by atoms with Crippen LogP contribution in [0.5, 0.6) is 11.5 Å². The van der Waals surface area contributed by atoms with Crippen LogP contribution in [0.2, 0.25) is 0 Å². The molecule has 0 N–H and O–H groups in total. The lowest BCUT2D eigenvalue weighted by atomic mass is 9.90. The highest BCUT2D eigenvalue weighted by atomic mass is 16.5. The molecule has 0 aromatic heterocycles. The summed E-state index contributed by atoms with van der Waals surface area (Å²) in [7, 11) is 3.22. The highest BCUT2D eigenvalue weighted by Crippen LogP contribution is 2.29. The molecule has 94 valence electrons. The average molecular weight is 236 g/mol. The van der Waals surface area contributed by atoms with Gasteiger partial charge in [0.25, 0.3) is 0 Å². The van der Waals surface area contributed by atoms with Crippen LogP contribution in [0, 0.1) is 11.8 Å². The summed E-state index contributed by atoms with van der Waals surface area (Å²) in [5.41, 5.74) is 1.09. The van der Waals surface area contributed by atoms with Gasteiger partial charge in [-0.2, -0.15) is 0 Å². The minimum atomic E-state index is 0.0492. The van der Waals surface area contributed by atoms with E-state index in [0.717, 1.165) is 18.3 Å². The van der Waals surface area contributed by atoms with Crippen molar-refractivity contribution in [2.45, 2.75) is 20.3 Å². The molecule has 0 saturated carbocycles. The van der Waals surface area contributed by atoms with Gasteiger partial charge in [0.2, 0.25) is 0 Å². The molecular weight excluding hydrogens is 216 g/mol. The smallest absolute Gasteiger partial charge is 0.160 e. The van der Waals surface area contributed by atoms with Gasteiger partial charge < -0.3 is 14.3 Å². The van der Waals surface area contributed by atoms with Crippen molar-refractivity contribution >= 4 is 6.29 Å². The number of benzene rings is 1. The van der Waals surface area contributed by atoms with E-state index in [9.17, 15) is 4.79 Å². The number of rotatable bonds is 6. The fourth-order valence-electron chi connectivity index (χ4n) is 1.72. The maximum atomic E-state index is 11.0. The van der Waals surface area contributed by atoms with Crippen molar-refractivity contribution in [2.75, 3.05) is 14.2 Å². The molecule has 0 amide bonds. The third-order valence-corrected chi connectivity index (χ3v) is 2.95. The Morgan fingerprint density at radius 3 is 2.29 bits per heavy atom. The minimum Gasteiger partial charge on any atom is -0.493 e. The predicted octanol–water partition coefficient (Wildman–Crippen LogP) is 2.72. The first-order chi connectivity index (χ1) is 8.12. The van der Waals surface area contributed by atoms with Crippen LogP contribution in [0.3, 0.4) is 0 Å². The van der Waals surface area contributed by atoms with Gasteiger partial charge in [-0.3, -0.25) is 0 Å². The van der Waals surface area contributed by atoms with E-state index in [4.69, 9.17) is 9.47 Å². The van der Waals surface area contributed by atoms with Crippen LogP contribution >= 0.6 is 0 Å². The zero-order valence-corrected chi connectivity index (χ0v) is 10.9. The summed E-state index contributed by atoms with van der Waals surface area (Å²) in [6.07, 6.45) is 1.77. The number of carbonyl (C=O) groups excluding carboxylic acids is 1. The molecule has 0 aliphatic heterocycles. The zero-order valence-electron chi connectivity index (χ0n) is 10.9. The van der Waals surface area contributed by atoms with Crippen molar-refractivity contribution in [2.24, 2.45) is 11.8 Å². The van der Waals surface area contributed by atoms with E-state index in [2.05, 4.69) is 13.8 Å². The zero-order chi connectivity index (χ0) is 12.8. The molecule has 0 bridgehead atoms. The van der Waals surface area contributed by atoms with Crippen molar-refractivity contribution in [1.29, 1.82) is 0 Å². The Bertz CT molecular complexity index is 372. The molecule has 0 heterocycles. The van der Waals surface area contributed by atoms with Crippen LogP contribution < -0.4 is 9.47 Å². The van der Waals surface area contributed by atoms with Crippen molar-refractivity contribution in [3.05, 3.63) is 23.8 Å². The number of ether oxygens (including phenoxy) is 2. The Morgan fingerprint density at radius 2 is 1.82 bits per heavy atom. The number of hydrogen-bond acceptors (Lipinski definition) is 3. The Hall–Kier alpha value is -1.51. The molecule has 1 rings (SSSR count). The summed E-state index contributed by atoms with van der Waals surface area (Å²) in [6, 6.07) is 5.77. The lowest BCUT2D eigenvalue weighted by molar-refractivity contribution is -0.112. The van der Waals surface area contributed by atoms with E-state index < -0.39 is 0 Å². The molecule has 1 aromatic carbocycles. The van der Waals surface area contributed by atoms with E-state index in [0.29, 0.717) is 17.4 Å². The summed E-state index contributed by atoms with van der Waals surface area (Å²) in [4.78, 5) is 11.0. The van der Waals surface area contributed by atoms with E-state index >= 15 is 0 Å². The van der Waals surface area contributed by atoms with Crippen molar-refractivity contribution < 1.29 is 14.3 Å². The molecule has 17 heavy (non-hydrogen) atoms. The van der Waals surface area contributed by atoms with Gasteiger partial charge >= 0.3 is 0 Å². The van der Waals surface area contributed by atoms with E-state index in [1.165, 1.54) is 0 Å². The minimum absolute atomic E-state index is 0.0492. The molecule has 3 heteroatoms. The Morgan fingerprint density at radius 1 is 1.18 bits per heavy atom. The first-order valence-electron chi connectivity index (χ1n) is 5.78.